The number of nitrogens with zero attached hydrogens (tertiary/aromatic N) is 5. The third kappa shape index (κ3) is 5.21. The van der Waals surface area contributed by atoms with E-state index >= 15 is 0 Å². The van der Waals surface area contributed by atoms with Crippen molar-refractivity contribution in [3.8, 4) is 11.5 Å². The van der Waals surface area contributed by atoms with Gasteiger partial charge >= 0.3 is 0 Å². The Morgan fingerprint density at radius 1 is 1.03 bits per heavy atom. The summed E-state index contributed by atoms with van der Waals surface area (Å²) in [6.45, 7) is 2.09. The lowest BCUT2D eigenvalue weighted by molar-refractivity contribution is 0.315. The number of anilines is 3. The zero-order valence-corrected chi connectivity index (χ0v) is 21.3. The summed E-state index contributed by atoms with van der Waals surface area (Å²) in [7, 11) is 7.62. The monoisotopic (exact) mass is 487 g/mol. The number of ether oxygens (including phenoxy) is 2. The lowest BCUT2D eigenvalue weighted by atomic mass is 10.1. The summed E-state index contributed by atoms with van der Waals surface area (Å²) in [5.74, 6) is 3.05. The van der Waals surface area contributed by atoms with E-state index in [9.17, 15) is 0 Å². The predicted molar refractivity (Wildman–Crippen MR) is 143 cm³/mol. The first-order chi connectivity index (χ1) is 17.5. The third-order valence-corrected chi connectivity index (χ3v) is 6.85. The summed E-state index contributed by atoms with van der Waals surface area (Å²) >= 11 is 0. The molecule has 1 unspecified atom stereocenters. The molecule has 2 aromatic heterocycles. The van der Waals surface area contributed by atoms with Gasteiger partial charge in [-0.2, -0.15) is 5.10 Å². The Morgan fingerprint density at radius 3 is 2.56 bits per heavy atom. The standard InChI is InChI=1S/C27H33N7O2/c1-33(2)21-9-10-34(16-21)20-7-8-24-25(14-20)28-17-29-27(24)30-26-13-19(31-32-26)6-5-18-11-22(35-3)15-23(12-18)36-4/h7-8,11-15,17,21H,5-6,9-10,16H2,1-4H3,(H2,28,29,30,31,32). The van der Waals surface area contributed by atoms with E-state index in [0.717, 1.165) is 71.2 Å². The van der Waals surface area contributed by atoms with E-state index < -0.39 is 0 Å². The number of likely N-dealkylation sites (N-methyl/N-ethyl adjacent to an activating group) is 1. The average molecular weight is 488 g/mol. The van der Waals surface area contributed by atoms with Gasteiger partial charge in [-0.05, 0) is 69.3 Å². The molecule has 3 heterocycles. The highest BCUT2D eigenvalue weighted by Crippen LogP contribution is 2.29. The number of aromatic amines is 1. The first kappa shape index (κ1) is 23.9. The molecule has 2 aromatic carbocycles. The first-order valence-corrected chi connectivity index (χ1v) is 12.2. The topological polar surface area (TPSA) is 91.4 Å². The van der Waals surface area contributed by atoms with Gasteiger partial charge in [0.15, 0.2) is 5.82 Å². The highest BCUT2D eigenvalue weighted by atomic mass is 16.5. The van der Waals surface area contributed by atoms with Crippen LogP contribution < -0.4 is 19.7 Å². The van der Waals surface area contributed by atoms with Crippen LogP contribution in [0, 0.1) is 0 Å². The maximum atomic E-state index is 5.38. The van der Waals surface area contributed by atoms with Crippen molar-refractivity contribution in [2.45, 2.75) is 25.3 Å². The fourth-order valence-electron chi connectivity index (χ4n) is 4.70. The zero-order chi connectivity index (χ0) is 25.1. The van der Waals surface area contributed by atoms with E-state index in [1.54, 1.807) is 20.5 Å². The number of rotatable bonds is 9. The molecule has 188 valence electrons. The molecule has 0 radical (unpaired) electrons. The van der Waals surface area contributed by atoms with E-state index in [1.807, 2.05) is 24.3 Å². The minimum absolute atomic E-state index is 0.586. The second-order valence-corrected chi connectivity index (χ2v) is 9.40. The van der Waals surface area contributed by atoms with Crippen LogP contribution in [0.3, 0.4) is 0 Å². The van der Waals surface area contributed by atoms with Gasteiger partial charge in [0.2, 0.25) is 0 Å². The Balaban J connectivity index is 1.27. The molecule has 4 aromatic rings. The van der Waals surface area contributed by atoms with Gasteiger partial charge in [-0.1, -0.05) is 0 Å². The summed E-state index contributed by atoms with van der Waals surface area (Å²) < 4.78 is 10.8. The average Bonchev–Trinajstić information content (AvgIpc) is 3.57. The van der Waals surface area contributed by atoms with Gasteiger partial charge in [0.25, 0.3) is 0 Å². The summed E-state index contributed by atoms with van der Waals surface area (Å²) in [6.07, 6.45) is 4.42. The molecule has 1 aliphatic heterocycles. The van der Waals surface area contributed by atoms with Crippen LogP contribution in [-0.4, -0.2) is 72.5 Å². The molecular formula is C27H33N7O2. The number of aryl methyl sites for hydroxylation is 2. The molecule has 9 nitrogen and oxygen atoms in total. The molecule has 36 heavy (non-hydrogen) atoms. The van der Waals surface area contributed by atoms with Crippen LogP contribution in [0.4, 0.5) is 17.3 Å². The van der Waals surface area contributed by atoms with Crippen molar-refractivity contribution in [3.05, 3.63) is 60.0 Å². The van der Waals surface area contributed by atoms with Crippen molar-refractivity contribution in [1.29, 1.82) is 0 Å². The van der Waals surface area contributed by atoms with Crippen LogP contribution in [0.5, 0.6) is 11.5 Å². The highest BCUT2D eigenvalue weighted by Gasteiger charge is 2.24. The summed E-state index contributed by atoms with van der Waals surface area (Å²) in [5.41, 5.74) is 4.29. The van der Waals surface area contributed by atoms with Gasteiger partial charge in [0, 0.05) is 48.0 Å². The van der Waals surface area contributed by atoms with Crippen LogP contribution in [0.2, 0.25) is 0 Å². The van der Waals surface area contributed by atoms with Crippen molar-refractivity contribution in [3.63, 3.8) is 0 Å². The Bertz CT molecular complexity index is 1310. The zero-order valence-electron chi connectivity index (χ0n) is 21.3. The number of nitrogens with one attached hydrogen (secondary N) is 2. The van der Waals surface area contributed by atoms with Crippen LogP contribution in [0.15, 0.2) is 48.8 Å². The Hall–Kier alpha value is -3.85. The summed E-state index contributed by atoms with van der Waals surface area (Å²) in [5, 5.41) is 11.9. The van der Waals surface area contributed by atoms with Gasteiger partial charge < -0.3 is 24.6 Å². The van der Waals surface area contributed by atoms with Crippen LogP contribution in [-0.2, 0) is 12.8 Å². The van der Waals surface area contributed by atoms with Crippen LogP contribution >= 0.6 is 0 Å². The van der Waals surface area contributed by atoms with Crippen molar-refractivity contribution < 1.29 is 9.47 Å². The molecule has 1 aliphatic rings. The molecule has 0 spiro atoms. The minimum atomic E-state index is 0.586. The van der Waals surface area contributed by atoms with E-state index in [1.165, 1.54) is 12.1 Å². The minimum Gasteiger partial charge on any atom is -0.497 e. The third-order valence-electron chi connectivity index (χ3n) is 6.85. The van der Waals surface area contributed by atoms with Crippen LogP contribution in [0.1, 0.15) is 17.7 Å². The molecule has 0 bridgehead atoms. The molecule has 1 atom stereocenters. The van der Waals surface area contributed by atoms with E-state index in [2.05, 4.69) is 67.6 Å². The molecule has 1 saturated heterocycles. The smallest absolute Gasteiger partial charge is 0.153 e. The molecule has 2 N–H and O–H groups in total. The molecule has 0 amide bonds. The highest BCUT2D eigenvalue weighted by molar-refractivity contribution is 5.92. The Morgan fingerprint density at radius 2 is 1.83 bits per heavy atom. The van der Waals surface area contributed by atoms with Crippen molar-refractivity contribution in [1.82, 2.24) is 25.1 Å². The van der Waals surface area contributed by atoms with Crippen molar-refractivity contribution in [2.75, 3.05) is 51.6 Å². The number of methoxy groups -OCH3 is 2. The van der Waals surface area contributed by atoms with Crippen LogP contribution in [0.25, 0.3) is 10.9 Å². The van der Waals surface area contributed by atoms with Crippen molar-refractivity contribution >= 4 is 28.2 Å². The molecule has 1 fully saturated rings. The fraction of sp³-hybridized carbons (Fsp3) is 0.370. The van der Waals surface area contributed by atoms with E-state index in [0.29, 0.717) is 6.04 Å². The van der Waals surface area contributed by atoms with Gasteiger partial charge in [0.1, 0.15) is 23.6 Å². The lowest BCUT2D eigenvalue weighted by Gasteiger charge is -2.22. The summed E-state index contributed by atoms with van der Waals surface area (Å²) in [4.78, 5) is 13.7. The van der Waals surface area contributed by atoms with Crippen molar-refractivity contribution in [2.24, 2.45) is 0 Å². The fourth-order valence-corrected chi connectivity index (χ4v) is 4.70. The molecule has 0 saturated carbocycles. The van der Waals surface area contributed by atoms with Gasteiger partial charge in [-0.25, -0.2) is 9.97 Å². The van der Waals surface area contributed by atoms with Gasteiger partial charge in [0.05, 0.1) is 19.7 Å². The number of fused-ring (bicyclic) bond motifs is 1. The lowest BCUT2D eigenvalue weighted by Crippen LogP contribution is -2.31. The molecule has 0 aliphatic carbocycles. The normalized spacial score (nSPS) is 15.6. The van der Waals surface area contributed by atoms with E-state index in [-0.39, 0.29) is 0 Å². The maximum absolute atomic E-state index is 5.38. The predicted octanol–water partition coefficient (Wildman–Crippen LogP) is 4.04. The number of hydrogen-bond donors (Lipinski definition) is 2. The number of aromatic nitrogens is 4. The molecular weight excluding hydrogens is 454 g/mol. The maximum Gasteiger partial charge on any atom is 0.153 e. The number of H-pyrrole nitrogens is 1. The van der Waals surface area contributed by atoms with Gasteiger partial charge in [-0.3, -0.25) is 5.10 Å². The quantitative estimate of drug-likeness (QED) is 0.366. The SMILES string of the molecule is COc1cc(CCc2cc(Nc3ncnc4cc(N5CCC(N(C)C)C5)ccc34)n[nH]2)cc(OC)c1. The molecule has 9 heteroatoms. The Labute approximate surface area is 211 Å². The Kier molecular flexibility index (Phi) is 6.90. The van der Waals surface area contributed by atoms with E-state index in [4.69, 9.17) is 9.47 Å². The van der Waals surface area contributed by atoms with Gasteiger partial charge in [-0.15, -0.1) is 0 Å². The second kappa shape index (κ2) is 10.4. The number of benzene rings is 2. The molecule has 5 rings (SSSR count). The second-order valence-electron chi connectivity index (χ2n) is 9.40. The number of hydrogen-bond acceptors (Lipinski definition) is 8. The summed E-state index contributed by atoms with van der Waals surface area (Å²) in [6, 6.07) is 15.0. The largest absolute Gasteiger partial charge is 0.497 e. The first-order valence-electron chi connectivity index (χ1n) is 12.2.